The van der Waals surface area contributed by atoms with Crippen molar-refractivity contribution in [3.05, 3.63) is 24.3 Å². The Hall–Kier alpha value is -1.42. The van der Waals surface area contributed by atoms with Gasteiger partial charge in [0, 0.05) is 6.42 Å². The predicted molar refractivity (Wildman–Crippen MR) is 181 cm³/mol. The highest BCUT2D eigenvalue weighted by Crippen LogP contribution is 2.26. The van der Waals surface area contributed by atoms with Gasteiger partial charge in [-0.15, -0.1) is 0 Å². The average molecular weight is 694 g/mol. The van der Waals surface area contributed by atoms with E-state index >= 15 is 0 Å². The Morgan fingerprint density at radius 3 is 1.94 bits per heavy atom. The van der Waals surface area contributed by atoms with Crippen molar-refractivity contribution in [2.24, 2.45) is 0 Å². The molecule has 7 atom stereocenters. The highest BCUT2D eigenvalue weighted by molar-refractivity contribution is 7.80. The third-order valence-electron chi connectivity index (χ3n) is 8.23. The molecule has 1 aliphatic rings. The Labute approximate surface area is 282 Å². The second kappa shape index (κ2) is 26.4. The normalized spacial score (nSPS) is 23.4. The van der Waals surface area contributed by atoms with E-state index in [2.05, 4.69) is 35.5 Å². The van der Waals surface area contributed by atoms with Crippen LogP contribution in [0.3, 0.4) is 0 Å². The van der Waals surface area contributed by atoms with Crippen LogP contribution < -0.4 is 5.32 Å². The monoisotopic (exact) mass is 693 g/mol. The number of hydrogen-bond donors (Lipinski definition) is 6. The number of unbranched alkanes of at least 4 members (excludes halogenated alkanes) is 14. The number of aliphatic hydroxyl groups is 4. The fourth-order valence-corrected chi connectivity index (χ4v) is 5.90. The Kier molecular flexibility index (Phi) is 24.5. The Morgan fingerprint density at radius 1 is 0.830 bits per heavy atom. The fraction of sp³-hybridized carbons (Fsp3) is 0.853. The first-order valence-corrected chi connectivity index (χ1v) is 19.1. The number of nitrogens with one attached hydrogen (secondary N) is 1. The number of amides is 1. The molecule has 0 aromatic rings. The van der Waals surface area contributed by atoms with Gasteiger partial charge in [0.15, 0.2) is 6.29 Å². The summed E-state index contributed by atoms with van der Waals surface area (Å²) in [5.41, 5.74) is 0. The summed E-state index contributed by atoms with van der Waals surface area (Å²) in [6, 6.07) is -0.952. The van der Waals surface area contributed by atoms with Crippen LogP contribution in [-0.2, 0) is 28.9 Å². The maximum Gasteiger partial charge on any atom is 0.397 e. The van der Waals surface area contributed by atoms with Gasteiger partial charge in [-0.2, -0.15) is 8.42 Å². The van der Waals surface area contributed by atoms with Crippen LogP contribution in [0, 0.1) is 0 Å². The first-order valence-electron chi connectivity index (χ1n) is 17.7. The van der Waals surface area contributed by atoms with Crippen molar-refractivity contribution in [3.8, 4) is 0 Å². The van der Waals surface area contributed by atoms with Crippen LogP contribution in [-0.4, -0.2) is 95.4 Å². The number of allylic oxidation sites excluding steroid dienone is 3. The quantitative estimate of drug-likeness (QED) is 0.0380. The molecule has 0 saturated carbocycles. The molecule has 0 radical (unpaired) electrons. The van der Waals surface area contributed by atoms with Gasteiger partial charge < -0.3 is 35.2 Å². The minimum absolute atomic E-state index is 0.219. The minimum atomic E-state index is -5.08. The van der Waals surface area contributed by atoms with Crippen molar-refractivity contribution < 1.29 is 51.8 Å². The maximum absolute atomic E-state index is 12.8. The van der Waals surface area contributed by atoms with E-state index in [9.17, 15) is 33.6 Å². The molecule has 1 fully saturated rings. The molecule has 7 unspecified atom stereocenters. The van der Waals surface area contributed by atoms with Gasteiger partial charge in [-0.25, -0.2) is 4.18 Å². The zero-order valence-electron chi connectivity index (χ0n) is 28.6. The van der Waals surface area contributed by atoms with E-state index in [0.717, 1.165) is 38.5 Å². The highest BCUT2D eigenvalue weighted by atomic mass is 32.3. The summed E-state index contributed by atoms with van der Waals surface area (Å²) in [6.45, 7) is 3.26. The summed E-state index contributed by atoms with van der Waals surface area (Å²) in [5, 5.41) is 44.2. The summed E-state index contributed by atoms with van der Waals surface area (Å²) >= 11 is 0. The lowest BCUT2D eigenvalue weighted by molar-refractivity contribution is -0.298. The molecule has 1 amide bonds. The first-order chi connectivity index (χ1) is 22.5. The number of carbonyl (C=O) groups excluding carboxylic acids is 1. The van der Waals surface area contributed by atoms with Gasteiger partial charge in [0.25, 0.3) is 0 Å². The third kappa shape index (κ3) is 20.6. The standard InChI is InChI=1S/C34H63NO11S/c1-3-5-7-9-11-13-14-16-17-19-21-23-28(37)27(35-30(38)24-22-20-18-15-12-10-8-6-4-2)26-44-34-32(40)33(46-47(41,42)43)31(39)29(25-36)45-34/h15,18,21,23,27-29,31-34,36-37,39-40H,3-14,16-17,19-20,22,24-26H2,1-2H3,(H,35,38)(H,41,42,43)/b18-15-,23-21+. The zero-order chi connectivity index (χ0) is 34.9. The summed E-state index contributed by atoms with van der Waals surface area (Å²) in [4.78, 5) is 12.8. The molecule has 13 heteroatoms. The lowest BCUT2D eigenvalue weighted by Gasteiger charge is -2.41. The van der Waals surface area contributed by atoms with Crippen molar-refractivity contribution in [2.75, 3.05) is 13.2 Å². The molecule has 6 N–H and O–H groups in total. The Balaban J connectivity index is 2.73. The fourth-order valence-electron chi connectivity index (χ4n) is 5.40. The molecule has 12 nitrogen and oxygen atoms in total. The Morgan fingerprint density at radius 2 is 1.36 bits per heavy atom. The Bertz CT molecular complexity index is 962. The lowest BCUT2D eigenvalue weighted by atomic mass is 9.99. The van der Waals surface area contributed by atoms with Crippen molar-refractivity contribution in [1.82, 2.24) is 5.32 Å². The number of rotatable bonds is 28. The van der Waals surface area contributed by atoms with Crippen LogP contribution in [0.5, 0.6) is 0 Å². The molecule has 0 aromatic carbocycles. The minimum Gasteiger partial charge on any atom is -0.394 e. The van der Waals surface area contributed by atoms with Crippen LogP contribution in [0.25, 0.3) is 0 Å². The van der Waals surface area contributed by atoms with Crippen LogP contribution in [0.1, 0.15) is 129 Å². The van der Waals surface area contributed by atoms with Crippen LogP contribution in [0.2, 0.25) is 0 Å². The van der Waals surface area contributed by atoms with Gasteiger partial charge in [0.2, 0.25) is 5.91 Å². The summed E-state index contributed by atoms with van der Waals surface area (Å²) in [6.07, 6.45) is 16.9. The van der Waals surface area contributed by atoms with Gasteiger partial charge >= 0.3 is 10.4 Å². The molecular formula is C34H63NO11S. The van der Waals surface area contributed by atoms with E-state index in [1.54, 1.807) is 6.08 Å². The SMILES string of the molecule is CCCCCC/C=C\CCCC(=O)NC(COC1OC(CO)C(O)C(OS(=O)(=O)O)C1O)C(O)/C=C/CCCCCCCCCCC. The van der Waals surface area contributed by atoms with Crippen molar-refractivity contribution in [1.29, 1.82) is 0 Å². The van der Waals surface area contributed by atoms with Crippen LogP contribution >= 0.6 is 0 Å². The molecular weight excluding hydrogens is 630 g/mol. The maximum atomic E-state index is 12.8. The second-order valence-electron chi connectivity index (χ2n) is 12.5. The van der Waals surface area contributed by atoms with Crippen LogP contribution in [0.4, 0.5) is 0 Å². The van der Waals surface area contributed by atoms with E-state index in [1.807, 2.05) is 6.08 Å². The summed E-state index contributed by atoms with van der Waals surface area (Å²) in [7, 11) is -5.08. The lowest BCUT2D eigenvalue weighted by Crippen LogP contribution is -2.61. The summed E-state index contributed by atoms with van der Waals surface area (Å²) in [5.74, 6) is -0.303. The molecule has 1 rings (SSSR count). The zero-order valence-corrected chi connectivity index (χ0v) is 29.4. The molecule has 0 spiro atoms. The van der Waals surface area contributed by atoms with Gasteiger partial charge in [0.05, 0.1) is 25.4 Å². The molecule has 0 aliphatic carbocycles. The van der Waals surface area contributed by atoms with E-state index in [-0.39, 0.29) is 18.9 Å². The van der Waals surface area contributed by atoms with Gasteiger partial charge in [0.1, 0.15) is 24.4 Å². The number of aliphatic hydroxyl groups excluding tert-OH is 4. The molecule has 0 bridgehead atoms. The third-order valence-corrected chi connectivity index (χ3v) is 8.69. The number of carbonyl (C=O) groups is 1. The molecule has 1 saturated heterocycles. The highest BCUT2D eigenvalue weighted by Gasteiger charge is 2.48. The predicted octanol–water partition coefficient (Wildman–Crippen LogP) is 4.65. The first kappa shape index (κ1) is 43.6. The van der Waals surface area contributed by atoms with Crippen LogP contribution in [0.15, 0.2) is 24.3 Å². The van der Waals surface area contributed by atoms with Gasteiger partial charge in [-0.1, -0.05) is 109 Å². The number of ether oxygens (including phenoxy) is 2. The largest absolute Gasteiger partial charge is 0.397 e. The summed E-state index contributed by atoms with van der Waals surface area (Å²) < 4.78 is 47.1. The van der Waals surface area contributed by atoms with Gasteiger partial charge in [-0.3, -0.25) is 9.35 Å². The van der Waals surface area contributed by atoms with Gasteiger partial charge in [-0.05, 0) is 38.5 Å². The molecule has 47 heavy (non-hydrogen) atoms. The van der Waals surface area contributed by atoms with E-state index < -0.39 is 59.9 Å². The molecule has 0 aromatic heterocycles. The topological polar surface area (TPSA) is 192 Å². The van der Waals surface area contributed by atoms with E-state index in [4.69, 9.17) is 14.0 Å². The van der Waals surface area contributed by atoms with Crippen molar-refractivity contribution in [2.45, 2.75) is 172 Å². The second-order valence-corrected chi connectivity index (χ2v) is 13.5. The molecule has 1 aliphatic heterocycles. The number of hydrogen-bond acceptors (Lipinski definition) is 10. The van der Waals surface area contributed by atoms with E-state index in [1.165, 1.54) is 64.2 Å². The van der Waals surface area contributed by atoms with E-state index in [0.29, 0.717) is 6.42 Å². The smallest absolute Gasteiger partial charge is 0.394 e. The van der Waals surface area contributed by atoms with Crippen molar-refractivity contribution in [3.63, 3.8) is 0 Å². The van der Waals surface area contributed by atoms with Crippen molar-refractivity contribution >= 4 is 16.3 Å². The average Bonchev–Trinajstić information content (AvgIpc) is 3.03. The molecule has 1 heterocycles. The molecule has 276 valence electrons.